The highest BCUT2D eigenvalue weighted by atomic mass is 16.5. The van der Waals surface area contributed by atoms with Crippen LogP contribution in [0.2, 0.25) is 0 Å². The third kappa shape index (κ3) is 4.04. The van der Waals surface area contributed by atoms with Crippen molar-refractivity contribution in [1.29, 1.82) is 0 Å². The fourth-order valence-corrected chi connectivity index (χ4v) is 2.54. The lowest BCUT2D eigenvalue weighted by molar-refractivity contribution is -0.0192. The number of aromatic nitrogens is 2. The molecule has 0 aliphatic carbocycles. The summed E-state index contributed by atoms with van der Waals surface area (Å²) in [6.07, 6.45) is 1.05. The molecule has 1 saturated heterocycles. The SMILES string of the molecule is CCc1nc(NC)c(C)c(NCC2CN(CC)CCO2)n1. The summed E-state index contributed by atoms with van der Waals surface area (Å²) >= 11 is 0. The summed E-state index contributed by atoms with van der Waals surface area (Å²) < 4.78 is 5.82. The van der Waals surface area contributed by atoms with Crippen LogP contribution in [0.4, 0.5) is 11.6 Å². The molecule has 118 valence electrons. The van der Waals surface area contributed by atoms with E-state index in [4.69, 9.17) is 4.74 Å². The van der Waals surface area contributed by atoms with Gasteiger partial charge in [0, 0.05) is 38.7 Å². The van der Waals surface area contributed by atoms with E-state index in [1.165, 1.54) is 0 Å². The van der Waals surface area contributed by atoms with Crippen molar-refractivity contribution in [3.63, 3.8) is 0 Å². The molecule has 0 amide bonds. The number of rotatable bonds is 6. The van der Waals surface area contributed by atoms with Crippen molar-refractivity contribution in [2.45, 2.75) is 33.3 Å². The van der Waals surface area contributed by atoms with E-state index in [0.717, 1.165) is 62.2 Å². The monoisotopic (exact) mass is 293 g/mol. The lowest BCUT2D eigenvalue weighted by atomic mass is 10.2. The van der Waals surface area contributed by atoms with Crippen LogP contribution in [0.15, 0.2) is 0 Å². The molecular formula is C15H27N5O. The zero-order chi connectivity index (χ0) is 15.2. The van der Waals surface area contributed by atoms with Gasteiger partial charge in [0.15, 0.2) is 0 Å². The van der Waals surface area contributed by atoms with E-state index in [9.17, 15) is 0 Å². The van der Waals surface area contributed by atoms with Gasteiger partial charge in [-0.15, -0.1) is 0 Å². The van der Waals surface area contributed by atoms with Gasteiger partial charge in [-0.3, -0.25) is 4.90 Å². The molecule has 0 saturated carbocycles. The van der Waals surface area contributed by atoms with Crippen LogP contribution in [-0.4, -0.2) is 60.8 Å². The number of anilines is 2. The Morgan fingerprint density at radius 3 is 2.71 bits per heavy atom. The molecule has 6 heteroatoms. The van der Waals surface area contributed by atoms with Gasteiger partial charge in [0.25, 0.3) is 0 Å². The van der Waals surface area contributed by atoms with Gasteiger partial charge >= 0.3 is 0 Å². The normalized spacial score (nSPS) is 19.5. The molecule has 0 aromatic carbocycles. The van der Waals surface area contributed by atoms with Crippen LogP contribution in [0, 0.1) is 6.92 Å². The third-order valence-electron chi connectivity index (χ3n) is 3.91. The quantitative estimate of drug-likeness (QED) is 0.829. The average Bonchev–Trinajstić information content (AvgIpc) is 2.54. The van der Waals surface area contributed by atoms with Crippen LogP contribution in [0.5, 0.6) is 0 Å². The molecular weight excluding hydrogens is 266 g/mol. The number of nitrogens with one attached hydrogen (secondary N) is 2. The van der Waals surface area contributed by atoms with Crippen molar-refractivity contribution in [2.75, 3.05) is 50.5 Å². The van der Waals surface area contributed by atoms with Crippen molar-refractivity contribution < 1.29 is 4.74 Å². The first-order valence-electron chi connectivity index (χ1n) is 7.81. The predicted molar refractivity (Wildman–Crippen MR) is 86.0 cm³/mol. The molecule has 2 rings (SSSR count). The van der Waals surface area contributed by atoms with Gasteiger partial charge in [0.1, 0.15) is 17.5 Å². The fraction of sp³-hybridized carbons (Fsp3) is 0.733. The summed E-state index contributed by atoms with van der Waals surface area (Å²) in [6.45, 7) is 11.0. The zero-order valence-electron chi connectivity index (χ0n) is 13.6. The van der Waals surface area contributed by atoms with Crippen LogP contribution >= 0.6 is 0 Å². The molecule has 2 N–H and O–H groups in total. The second kappa shape index (κ2) is 7.56. The molecule has 1 atom stereocenters. The molecule has 1 aliphatic heterocycles. The van der Waals surface area contributed by atoms with Gasteiger partial charge in [-0.05, 0) is 13.5 Å². The fourth-order valence-electron chi connectivity index (χ4n) is 2.54. The maximum atomic E-state index is 5.82. The van der Waals surface area contributed by atoms with Crippen LogP contribution in [0.1, 0.15) is 25.2 Å². The number of nitrogens with zero attached hydrogens (tertiary/aromatic N) is 3. The summed E-state index contributed by atoms with van der Waals surface area (Å²) in [6, 6.07) is 0. The first kappa shape index (κ1) is 16.0. The Labute approximate surface area is 127 Å². The lowest BCUT2D eigenvalue weighted by Gasteiger charge is -2.32. The molecule has 2 heterocycles. The first-order valence-corrected chi connectivity index (χ1v) is 7.81. The van der Waals surface area contributed by atoms with Gasteiger partial charge in [-0.2, -0.15) is 0 Å². The summed E-state index contributed by atoms with van der Waals surface area (Å²) in [4.78, 5) is 11.5. The first-order chi connectivity index (χ1) is 10.2. The van der Waals surface area contributed by atoms with Crippen molar-refractivity contribution >= 4 is 11.6 Å². The number of likely N-dealkylation sites (N-methyl/N-ethyl adjacent to an activating group) is 1. The number of ether oxygens (including phenoxy) is 1. The van der Waals surface area contributed by atoms with Gasteiger partial charge in [-0.25, -0.2) is 9.97 Å². The second-order valence-electron chi connectivity index (χ2n) is 5.33. The van der Waals surface area contributed by atoms with Gasteiger partial charge in [0.2, 0.25) is 0 Å². The van der Waals surface area contributed by atoms with Crippen LogP contribution in [-0.2, 0) is 11.2 Å². The van der Waals surface area contributed by atoms with E-state index >= 15 is 0 Å². The Kier molecular flexibility index (Phi) is 5.76. The van der Waals surface area contributed by atoms with Crippen molar-refractivity contribution in [3.05, 3.63) is 11.4 Å². The number of hydrogen-bond donors (Lipinski definition) is 2. The van der Waals surface area contributed by atoms with Gasteiger partial charge < -0.3 is 15.4 Å². The summed E-state index contributed by atoms with van der Waals surface area (Å²) in [7, 11) is 1.89. The van der Waals surface area contributed by atoms with Gasteiger partial charge in [-0.1, -0.05) is 13.8 Å². The van der Waals surface area contributed by atoms with Crippen LogP contribution < -0.4 is 10.6 Å². The summed E-state index contributed by atoms with van der Waals surface area (Å²) in [5.41, 5.74) is 1.05. The maximum Gasteiger partial charge on any atom is 0.134 e. The minimum absolute atomic E-state index is 0.219. The smallest absolute Gasteiger partial charge is 0.134 e. The second-order valence-corrected chi connectivity index (χ2v) is 5.33. The van der Waals surface area contributed by atoms with Crippen LogP contribution in [0.3, 0.4) is 0 Å². The maximum absolute atomic E-state index is 5.82. The average molecular weight is 293 g/mol. The molecule has 1 aromatic heterocycles. The Hall–Kier alpha value is -1.40. The minimum Gasteiger partial charge on any atom is -0.374 e. The van der Waals surface area contributed by atoms with E-state index in [0.29, 0.717) is 0 Å². The zero-order valence-corrected chi connectivity index (χ0v) is 13.6. The molecule has 0 radical (unpaired) electrons. The number of morpholine rings is 1. The topological polar surface area (TPSA) is 62.3 Å². The highest BCUT2D eigenvalue weighted by molar-refractivity contribution is 5.57. The van der Waals surface area contributed by atoms with Gasteiger partial charge in [0.05, 0.1) is 12.7 Å². The highest BCUT2D eigenvalue weighted by Gasteiger charge is 2.19. The van der Waals surface area contributed by atoms with Crippen LogP contribution in [0.25, 0.3) is 0 Å². The van der Waals surface area contributed by atoms with E-state index in [2.05, 4.69) is 39.3 Å². The largest absolute Gasteiger partial charge is 0.374 e. The Morgan fingerprint density at radius 2 is 2.05 bits per heavy atom. The minimum atomic E-state index is 0.219. The van der Waals surface area contributed by atoms with Crippen molar-refractivity contribution in [3.8, 4) is 0 Å². The van der Waals surface area contributed by atoms with E-state index in [-0.39, 0.29) is 6.10 Å². The standard InChI is InChI=1S/C15H27N5O/c1-5-13-18-14(16-4)11(3)15(19-13)17-9-12-10-20(6-2)7-8-21-12/h12H,5-10H2,1-4H3,(H2,16,17,18,19). The summed E-state index contributed by atoms with van der Waals surface area (Å²) in [5.74, 6) is 2.65. The third-order valence-corrected chi connectivity index (χ3v) is 3.91. The highest BCUT2D eigenvalue weighted by Crippen LogP contribution is 2.20. The Morgan fingerprint density at radius 1 is 1.29 bits per heavy atom. The molecule has 0 bridgehead atoms. The number of hydrogen-bond acceptors (Lipinski definition) is 6. The molecule has 1 aromatic rings. The molecule has 1 aliphatic rings. The molecule has 21 heavy (non-hydrogen) atoms. The van der Waals surface area contributed by atoms with Crippen molar-refractivity contribution in [1.82, 2.24) is 14.9 Å². The van der Waals surface area contributed by atoms with E-state index in [1.54, 1.807) is 0 Å². The predicted octanol–water partition coefficient (Wildman–Crippen LogP) is 1.52. The molecule has 6 nitrogen and oxygen atoms in total. The molecule has 1 unspecified atom stereocenters. The van der Waals surface area contributed by atoms with Crippen molar-refractivity contribution in [2.24, 2.45) is 0 Å². The summed E-state index contributed by atoms with van der Waals surface area (Å²) in [5, 5.41) is 6.57. The Balaban J connectivity index is 2.02. The molecule has 0 spiro atoms. The van der Waals surface area contributed by atoms with E-state index < -0.39 is 0 Å². The molecule has 1 fully saturated rings. The van der Waals surface area contributed by atoms with E-state index in [1.807, 2.05) is 14.0 Å². The number of aryl methyl sites for hydroxylation is 1. The lowest BCUT2D eigenvalue weighted by Crippen LogP contribution is -2.45. The Bertz CT molecular complexity index is 466.